The summed E-state index contributed by atoms with van der Waals surface area (Å²) in [5.41, 5.74) is 0. The van der Waals surface area contributed by atoms with Crippen LogP contribution in [0.3, 0.4) is 0 Å². The average Bonchev–Trinajstić information content (AvgIpc) is 2.07. The number of hydrogen-bond acceptors (Lipinski definition) is 3. The van der Waals surface area contributed by atoms with Crippen LogP contribution < -0.4 is 0 Å². The fraction of sp³-hybridized carbons (Fsp3) is 1.00. The maximum Gasteiger partial charge on any atom is 0.147 e. The van der Waals surface area contributed by atoms with Gasteiger partial charge in [-0.2, -0.15) is 0 Å². The molecular formula is C8H17NO2S. The van der Waals surface area contributed by atoms with Crippen molar-refractivity contribution in [2.24, 2.45) is 5.92 Å². The second-order valence-corrected chi connectivity index (χ2v) is 6.17. The first-order valence-corrected chi connectivity index (χ1v) is 6.32. The van der Waals surface area contributed by atoms with E-state index >= 15 is 0 Å². The van der Waals surface area contributed by atoms with E-state index in [0.717, 1.165) is 13.0 Å². The Kier molecular flexibility index (Phi) is 2.78. The molecule has 1 aliphatic rings. The van der Waals surface area contributed by atoms with Crippen LogP contribution in [0, 0.1) is 5.92 Å². The summed E-state index contributed by atoms with van der Waals surface area (Å²) >= 11 is 0. The number of sulfone groups is 1. The van der Waals surface area contributed by atoms with Gasteiger partial charge in [-0.1, -0.05) is 0 Å². The van der Waals surface area contributed by atoms with E-state index in [9.17, 15) is 8.42 Å². The summed E-state index contributed by atoms with van der Waals surface area (Å²) in [6, 6.07) is 0.539. The van der Waals surface area contributed by atoms with Crippen molar-refractivity contribution in [1.29, 1.82) is 0 Å². The third-order valence-corrected chi connectivity index (χ3v) is 3.59. The fourth-order valence-electron chi connectivity index (χ4n) is 1.87. The summed E-state index contributed by atoms with van der Waals surface area (Å²) in [5, 5.41) is 0. The van der Waals surface area contributed by atoms with Gasteiger partial charge in [0.05, 0.1) is 5.75 Å². The van der Waals surface area contributed by atoms with Gasteiger partial charge in [0.1, 0.15) is 9.84 Å². The Bertz CT molecular complexity index is 238. The molecule has 1 heterocycles. The first-order valence-electron chi connectivity index (χ1n) is 4.26. The average molecular weight is 191 g/mol. The van der Waals surface area contributed by atoms with Crippen molar-refractivity contribution >= 4 is 9.84 Å². The Hall–Kier alpha value is -0.0900. The van der Waals surface area contributed by atoms with Crippen LogP contribution in [0.2, 0.25) is 0 Å². The van der Waals surface area contributed by atoms with E-state index in [0.29, 0.717) is 17.7 Å². The number of nitrogens with zero attached hydrogens (tertiary/aromatic N) is 1. The van der Waals surface area contributed by atoms with Crippen molar-refractivity contribution < 1.29 is 8.42 Å². The molecule has 0 aromatic carbocycles. The molecule has 0 aromatic rings. The van der Waals surface area contributed by atoms with Crippen molar-refractivity contribution in [1.82, 2.24) is 4.90 Å². The Morgan fingerprint density at radius 1 is 1.50 bits per heavy atom. The highest BCUT2D eigenvalue weighted by molar-refractivity contribution is 7.90. The minimum Gasteiger partial charge on any atom is -0.303 e. The summed E-state index contributed by atoms with van der Waals surface area (Å²) in [6.45, 7) is 3.07. The first-order chi connectivity index (χ1) is 5.38. The van der Waals surface area contributed by atoms with E-state index < -0.39 is 9.84 Å². The zero-order chi connectivity index (χ0) is 9.35. The lowest BCUT2D eigenvalue weighted by Crippen LogP contribution is -2.22. The first kappa shape index (κ1) is 9.99. The van der Waals surface area contributed by atoms with Gasteiger partial charge in [-0.15, -0.1) is 0 Å². The highest BCUT2D eigenvalue weighted by Gasteiger charge is 2.28. The molecule has 3 nitrogen and oxygen atoms in total. The molecule has 0 aromatic heterocycles. The van der Waals surface area contributed by atoms with Crippen LogP contribution in [0.1, 0.15) is 13.3 Å². The van der Waals surface area contributed by atoms with Gasteiger partial charge >= 0.3 is 0 Å². The van der Waals surface area contributed by atoms with E-state index in [1.54, 1.807) is 0 Å². The van der Waals surface area contributed by atoms with Crippen LogP contribution in [0.4, 0.5) is 0 Å². The third-order valence-electron chi connectivity index (χ3n) is 2.51. The molecular weight excluding hydrogens is 174 g/mol. The van der Waals surface area contributed by atoms with Crippen LogP contribution in [-0.2, 0) is 9.84 Å². The quantitative estimate of drug-likeness (QED) is 0.633. The maximum absolute atomic E-state index is 11.0. The molecule has 72 valence electrons. The van der Waals surface area contributed by atoms with Gasteiger partial charge in [0.25, 0.3) is 0 Å². The molecule has 0 radical (unpaired) electrons. The number of rotatable bonds is 2. The Morgan fingerprint density at radius 3 is 2.42 bits per heavy atom. The van der Waals surface area contributed by atoms with Crippen LogP contribution in [-0.4, -0.2) is 45.0 Å². The SMILES string of the molecule is CC1CC(CS(C)(=O)=O)CN1C. The van der Waals surface area contributed by atoms with Crippen molar-refractivity contribution in [3.8, 4) is 0 Å². The number of likely N-dealkylation sites (tertiary alicyclic amines) is 1. The van der Waals surface area contributed by atoms with E-state index in [4.69, 9.17) is 0 Å². The van der Waals surface area contributed by atoms with Crippen molar-refractivity contribution in [3.63, 3.8) is 0 Å². The highest BCUT2D eigenvalue weighted by atomic mass is 32.2. The van der Waals surface area contributed by atoms with E-state index in [1.807, 2.05) is 7.05 Å². The van der Waals surface area contributed by atoms with Crippen LogP contribution >= 0.6 is 0 Å². The molecule has 0 amide bonds. The monoisotopic (exact) mass is 191 g/mol. The molecule has 0 spiro atoms. The van der Waals surface area contributed by atoms with Gasteiger partial charge in [-0.3, -0.25) is 0 Å². The van der Waals surface area contributed by atoms with Crippen molar-refractivity contribution in [3.05, 3.63) is 0 Å². The molecule has 1 saturated heterocycles. The van der Waals surface area contributed by atoms with E-state index in [-0.39, 0.29) is 0 Å². The Morgan fingerprint density at radius 2 is 2.08 bits per heavy atom. The minimum absolute atomic E-state index is 0.347. The zero-order valence-corrected chi connectivity index (χ0v) is 8.76. The molecule has 2 atom stereocenters. The topological polar surface area (TPSA) is 37.4 Å². The van der Waals surface area contributed by atoms with Crippen molar-refractivity contribution in [2.75, 3.05) is 25.6 Å². The van der Waals surface area contributed by atoms with E-state index in [2.05, 4.69) is 11.8 Å². The molecule has 12 heavy (non-hydrogen) atoms. The predicted octanol–water partition coefficient (Wildman–Crippen LogP) is 0.371. The summed E-state index contributed by atoms with van der Waals surface area (Å²) in [5.74, 6) is 0.696. The molecule has 0 saturated carbocycles. The van der Waals surface area contributed by atoms with Crippen LogP contribution in [0.15, 0.2) is 0 Å². The maximum atomic E-state index is 11.0. The molecule has 1 aliphatic heterocycles. The second kappa shape index (κ2) is 3.34. The van der Waals surface area contributed by atoms with Gasteiger partial charge in [-0.05, 0) is 26.3 Å². The molecule has 0 aliphatic carbocycles. The van der Waals surface area contributed by atoms with Crippen molar-refractivity contribution in [2.45, 2.75) is 19.4 Å². The normalized spacial score (nSPS) is 32.6. The molecule has 0 bridgehead atoms. The summed E-state index contributed by atoms with van der Waals surface area (Å²) < 4.78 is 22.0. The van der Waals surface area contributed by atoms with Gasteiger partial charge in [0, 0.05) is 18.8 Å². The molecule has 1 rings (SSSR count). The molecule has 1 fully saturated rings. The lowest BCUT2D eigenvalue weighted by atomic mass is 10.1. The van der Waals surface area contributed by atoms with Gasteiger partial charge in [0.2, 0.25) is 0 Å². The molecule has 4 heteroatoms. The molecule has 2 unspecified atom stereocenters. The Balaban J connectivity index is 2.48. The van der Waals surface area contributed by atoms with Crippen LogP contribution in [0.25, 0.3) is 0 Å². The zero-order valence-electron chi connectivity index (χ0n) is 7.95. The van der Waals surface area contributed by atoms with Crippen LogP contribution in [0.5, 0.6) is 0 Å². The number of hydrogen-bond donors (Lipinski definition) is 0. The van der Waals surface area contributed by atoms with Gasteiger partial charge < -0.3 is 4.90 Å². The second-order valence-electron chi connectivity index (χ2n) is 3.98. The largest absolute Gasteiger partial charge is 0.303 e. The predicted molar refractivity (Wildman–Crippen MR) is 49.9 cm³/mol. The summed E-state index contributed by atoms with van der Waals surface area (Å²) in [4.78, 5) is 2.22. The fourth-order valence-corrected chi connectivity index (χ4v) is 2.97. The minimum atomic E-state index is -2.78. The molecule has 0 N–H and O–H groups in total. The lowest BCUT2D eigenvalue weighted by Gasteiger charge is -2.12. The summed E-state index contributed by atoms with van der Waals surface area (Å²) in [6.07, 6.45) is 2.33. The van der Waals surface area contributed by atoms with Gasteiger partial charge in [-0.25, -0.2) is 8.42 Å². The summed E-state index contributed by atoms with van der Waals surface area (Å²) in [7, 11) is -0.733. The van der Waals surface area contributed by atoms with Gasteiger partial charge in [0.15, 0.2) is 0 Å². The highest BCUT2D eigenvalue weighted by Crippen LogP contribution is 2.21. The Labute approximate surface area is 74.7 Å². The third kappa shape index (κ3) is 2.75. The van der Waals surface area contributed by atoms with E-state index in [1.165, 1.54) is 6.26 Å². The standard InChI is InChI=1S/C8H17NO2S/c1-7-4-8(5-9(7)2)6-12(3,10)11/h7-8H,4-6H2,1-3H3. The lowest BCUT2D eigenvalue weighted by molar-refractivity contribution is 0.327. The smallest absolute Gasteiger partial charge is 0.147 e.